The van der Waals surface area contributed by atoms with Crippen LogP contribution < -0.4 is 5.32 Å². The van der Waals surface area contributed by atoms with Gasteiger partial charge in [0.25, 0.3) is 0 Å². The number of aromatic nitrogens is 1. The van der Waals surface area contributed by atoms with E-state index in [2.05, 4.69) is 10.3 Å². The van der Waals surface area contributed by atoms with Gasteiger partial charge < -0.3 is 15.4 Å². The lowest BCUT2D eigenvalue weighted by Crippen LogP contribution is -2.29. The number of amides is 1. The number of aromatic amines is 1. The Bertz CT molecular complexity index is 979. The zero-order valence-corrected chi connectivity index (χ0v) is 15.7. The highest BCUT2D eigenvalue weighted by molar-refractivity contribution is 5.91. The van der Waals surface area contributed by atoms with Gasteiger partial charge in [0, 0.05) is 36.0 Å². The number of carboxylic acids is 1. The van der Waals surface area contributed by atoms with E-state index >= 15 is 0 Å². The summed E-state index contributed by atoms with van der Waals surface area (Å²) in [6.07, 6.45) is 0.836. The van der Waals surface area contributed by atoms with Crippen molar-refractivity contribution in [1.82, 2.24) is 10.3 Å². The molecule has 0 aliphatic rings. The van der Waals surface area contributed by atoms with Crippen molar-refractivity contribution in [2.75, 3.05) is 6.54 Å². The zero-order chi connectivity index (χ0) is 20.1. The Balaban J connectivity index is 1.75. The average Bonchev–Trinajstić information content (AvgIpc) is 3.03. The molecule has 1 atom stereocenters. The van der Waals surface area contributed by atoms with Crippen molar-refractivity contribution in [2.24, 2.45) is 5.92 Å². The highest BCUT2D eigenvalue weighted by atomic mass is 19.1. The number of aliphatic carboxylic acids is 1. The van der Waals surface area contributed by atoms with Gasteiger partial charge in [0.1, 0.15) is 5.82 Å². The Morgan fingerprint density at radius 3 is 2.57 bits per heavy atom. The third-order valence-electron chi connectivity index (χ3n) is 4.72. The Hall–Kier alpha value is -3.15. The van der Waals surface area contributed by atoms with Gasteiger partial charge in [-0.05, 0) is 53.8 Å². The van der Waals surface area contributed by atoms with E-state index in [4.69, 9.17) is 5.11 Å². The number of fused-ring (bicyclic) bond motifs is 1. The van der Waals surface area contributed by atoms with Crippen molar-refractivity contribution in [3.63, 3.8) is 0 Å². The molecule has 2 aromatic carbocycles. The number of nitrogens with one attached hydrogen (secondary N) is 2. The first-order chi connectivity index (χ1) is 13.4. The lowest BCUT2D eigenvalue weighted by atomic mass is 10.0. The topological polar surface area (TPSA) is 82.2 Å². The quantitative estimate of drug-likeness (QED) is 0.548. The van der Waals surface area contributed by atoms with Crippen molar-refractivity contribution in [3.05, 3.63) is 59.9 Å². The smallest absolute Gasteiger partial charge is 0.303 e. The van der Waals surface area contributed by atoms with Crippen LogP contribution in [0.3, 0.4) is 0 Å². The van der Waals surface area contributed by atoms with E-state index in [-0.39, 0.29) is 30.5 Å². The van der Waals surface area contributed by atoms with E-state index < -0.39 is 5.97 Å². The molecule has 0 aliphatic carbocycles. The minimum absolute atomic E-state index is 0.0252. The predicted molar refractivity (Wildman–Crippen MR) is 106 cm³/mol. The minimum atomic E-state index is -0.871. The molecule has 0 saturated carbocycles. The lowest BCUT2D eigenvalue weighted by molar-refractivity contribution is -0.138. The molecule has 0 saturated heterocycles. The normalized spacial score (nSPS) is 12.1. The number of carbonyl (C=O) groups excluding carboxylic acids is 1. The Kier molecular flexibility index (Phi) is 6.09. The SMILES string of the molecule is CC(CNC(=O)CCc1c(-c2ccc(F)cc2)[nH]c2ccccc12)CC(=O)O. The summed E-state index contributed by atoms with van der Waals surface area (Å²) in [5, 5.41) is 12.6. The number of hydrogen-bond donors (Lipinski definition) is 3. The molecule has 5 nitrogen and oxygen atoms in total. The van der Waals surface area contributed by atoms with Gasteiger partial charge in [-0.3, -0.25) is 9.59 Å². The second-order valence-corrected chi connectivity index (χ2v) is 7.04. The molecule has 0 fully saturated rings. The summed E-state index contributed by atoms with van der Waals surface area (Å²) in [7, 11) is 0. The molecule has 1 aromatic heterocycles. The predicted octanol–water partition coefficient (Wildman–Crippen LogP) is 4.13. The Morgan fingerprint density at radius 2 is 1.86 bits per heavy atom. The Morgan fingerprint density at radius 1 is 1.14 bits per heavy atom. The van der Waals surface area contributed by atoms with Gasteiger partial charge >= 0.3 is 5.97 Å². The van der Waals surface area contributed by atoms with E-state index in [0.29, 0.717) is 13.0 Å². The van der Waals surface area contributed by atoms with Crippen LogP contribution in [-0.4, -0.2) is 28.5 Å². The van der Waals surface area contributed by atoms with Gasteiger partial charge in [-0.1, -0.05) is 25.1 Å². The van der Waals surface area contributed by atoms with E-state index in [1.165, 1.54) is 12.1 Å². The first-order valence-electron chi connectivity index (χ1n) is 9.28. The largest absolute Gasteiger partial charge is 0.481 e. The van der Waals surface area contributed by atoms with Crippen molar-refractivity contribution >= 4 is 22.8 Å². The molecular weight excluding hydrogens is 359 g/mol. The van der Waals surface area contributed by atoms with Gasteiger partial charge in [-0.25, -0.2) is 4.39 Å². The van der Waals surface area contributed by atoms with Crippen LogP contribution in [0.1, 0.15) is 25.3 Å². The molecule has 1 amide bonds. The fourth-order valence-electron chi connectivity index (χ4n) is 3.31. The number of aryl methyl sites for hydroxylation is 1. The van der Waals surface area contributed by atoms with E-state index in [1.54, 1.807) is 19.1 Å². The monoisotopic (exact) mass is 382 g/mol. The highest BCUT2D eigenvalue weighted by Gasteiger charge is 2.15. The first-order valence-corrected chi connectivity index (χ1v) is 9.28. The second-order valence-electron chi connectivity index (χ2n) is 7.04. The van der Waals surface area contributed by atoms with Crippen LogP contribution in [-0.2, 0) is 16.0 Å². The number of benzene rings is 2. The summed E-state index contributed by atoms with van der Waals surface area (Å²) in [4.78, 5) is 26.3. The summed E-state index contributed by atoms with van der Waals surface area (Å²) in [6.45, 7) is 2.13. The lowest BCUT2D eigenvalue weighted by Gasteiger charge is -2.11. The second kappa shape index (κ2) is 8.69. The van der Waals surface area contributed by atoms with E-state index in [9.17, 15) is 14.0 Å². The molecule has 0 aliphatic heterocycles. The number of carbonyl (C=O) groups is 2. The van der Waals surface area contributed by atoms with Crippen LogP contribution in [0.4, 0.5) is 4.39 Å². The molecule has 3 rings (SSSR count). The van der Waals surface area contributed by atoms with Gasteiger partial charge in [-0.2, -0.15) is 0 Å². The summed E-state index contributed by atoms with van der Waals surface area (Å²) in [6, 6.07) is 14.1. The zero-order valence-electron chi connectivity index (χ0n) is 15.7. The van der Waals surface area contributed by atoms with Gasteiger partial charge in [0.05, 0.1) is 0 Å². The molecule has 146 valence electrons. The number of H-pyrrole nitrogens is 1. The highest BCUT2D eigenvalue weighted by Crippen LogP contribution is 2.31. The fourth-order valence-corrected chi connectivity index (χ4v) is 3.31. The third kappa shape index (κ3) is 4.76. The number of carboxylic acid groups (broad SMARTS) is 1. The molecule has 0 bridgehead atoms. The van der Waals surface area contributed by atoms with Gasteiger partial charge in [-0.15, -0.1) is 0 Å². The third-order valence-corrected chi connectivity index (χ3v) is 4.72. The van der Waals surface area contributed by atoms with E-state index in [1.807, 2.05) is 24.3 Å². The summed E-state index contributed by atoms with van der Waals surface area (Å²) in [5.74, 6) is -1.40. The van der Waals surface area contributed by atoms with Crippen LogP contribution in [0.15, 0.2) is 48.5 Å². The van der Waals surface area contributed by atoms with Crippen LogP contribution in [0.2, 0.25) is 0 Å². The van der Waals surface area contributed by atoms with Crippen LogP contribution in [0.25, 0.3) is 22.2 Å². The number of halogens is 1. The van der Waals surface area contributed by atoms with Crippen molar-refractivity contribution in [3.8, 4) is 11.3 Å². The average molecular weight is 382 g/mol. The fraction of sp³-hybridized carbons (Fsp3) is 0.273. The molecule has 3 aromatic rings. The molecule has 3 N–H and O–H groups in total. The molecule has 0 radical (unpaired) electrons. The molecule has 6 heteroatoms. The Labute approximate surface area is 162 Å². The number of hydrogen-bond acceptors (Lipinski definition) is 2. The molecule has 28 heavy (non-hydrogen) atoms. The number of para-hydroxylation sites is 1. The number of rotatable bonds is 8. The summed E-state index contributed by atoms with van der Waals surface area (Å²) in [5.41, 5.74) is 3.72. The maximum Gasteiger partial charge on any atom is 0.303 e. The maximum absolute atomic E-state index is 13.3. The maximum atomic E-state index is 13.3. The molecular formula is C22H23FN2O3. The van der Waals surface area contributed by atoms with Crippen molar-refractivity contribution in [1.29, 1.82) is 0 Å². The molecule has 1 unspecified atom stereocenters. The van der Waals surface area contributed by atoms with Crippen LogP contribution in [0.5, 0.6) is 0 Å². The van der Waals surface area contributed by atoms with Gasteiger partial charge in [0.2, 0.25) is 5.91 Å². The summed E-state index contributed by atoms with van der Waals surface area (Å²) >= 11 is 0. The summed E-state index contributed by atoms with van der Waals surface area (Å²) < 4.78 is 13.3. The molecule has 0 spiro atoms. The molecule has 1 heterocycles. The first kappa shape index (κ1) is 19.6. The van der Waals surface area contributed by atoms with E-state index in [0.717, 1.165) is 27.7 Å². The van der Waals surface area contributed by atoms with Crippen molar-refractivity contribution in [2.45, 2.75) is 26.2 Å². The standard InChI is InChI=1S/C22H23FN2O3/c1-14(12-21(27)28)13-24-20(26)11-10-18-17-4-2-3-5-19(17)25-22(18)15-6-8-16(23)9-7-15/h2-9,14,25H,10-13H2,1H3,(H,24,26)(H,27,28). The van der Waals surface area contributed by atoms with Gasteiger partial charge in [0.15, 0.2) is 0 Å². The van der Waals surface area contributed by atoms with Crippen molar-refractivity contribution < 1.29 is 19.1 Å². The van der Waals surface area contributed by atoms with Crippen LogP contribution in [0, 0.1) is 11.7 Å². The van der Waals surface area contributed by atoms with Crippen LogP contribution >= 0.6 is 0 Å². The minimum Gasteiger partial charge on any atom is -0.481 e.